The molecule has 1 rings (SSSR count). The zero-order chi connectivity index (χ0) is 16.8. The molecular weight excluding hydrogens is 346 g/mol. The lowest BCUT2D eigenvalue weighted by molar-refractivity contribution is -0.476. The van der Waals surface area contributed by atoms with Crippen molar-refractivity contribution in [3.63, 3.8) is 0 Å². The van der Waals surface area contributed by atoms with Gasteiger partial charge in [0.05, 0.1) is 10.0 Å². The predicted octanol–water partition coefficient (Wildman–Crippen LogP) is 3.36. The van der Waals surface area contributed by atoms with Crippen LogP contribution in [0.25, 0.3) is 0 Å². The molecule has 0 saturated heterocycles. The average Bonchev–Trinajstić information content (AvgIpc) is 2.39. The molecule has 10 heteroatoms. The molecule has 0 aliphatic carbocycles. The van der Waals surface area contributed by atoms with Crippen LogP contribution in [0.3, 0.4) is 0 Å². The summed E-state index contributed by atoms with van der Waals surface area (Å²) in [6.07, 6.45) is -4.42. The maximum Gasteiger partial charge on any atom is 0.448 e. The third-order valence-electron chi connectivity index (χ3n) is 2.51. The first-order valence-electron chi connectivity index (χ1n) is 6.11. The van der Waals surface area contributed by atoms with Crippen LogP contribution in [0, 0.1) is 10.1 Å². The predicted molar refractivity (Wildman–Crippen MR) is 78.4 cm³/mol. The Morgan fingerprint density at radius 3 is 2.55 bits per heavy atom. The van der Waals surface area contributed by atoms with Gasteiger partial charge in [0.15, 0.2) is 0 Å². The van der Waals surface area contributed by atoms with Gasteiger partial charge >= 0.3 is 6.18 Å². The Morgan fingerprint density at radius 1 is 1.32 bits per heavy atom. The highest BCUT2D eigenvalue weighted by Crippen LogP contribution is 2.22. The smallest absolute Gasteiger partial charge is 0.366 e. The Labute approximate surface area is 134 Å². The van der Waals surface area contributed by atoms with E-state index in [0.29, 0.717) is 15.6 Å². The van der Waals surface area contributed by atoms with Gasteiger partial charge in [-0.25, -0.2) is 0 Å². The molecule has 122 valence electrons. The van der Waals surface area contributed by atoms with Gasteiger partial charge in [0.2, 0.25) is 12.4 Å². The number of hydrogen-bond acceptors (Lipinski definition) is 3. The number of amidine groups is 1. The van der Waals surface area contributed by atoms with Crippen LogP contribution in [-0.2, 0) is 6.42 Å². The summed E-state index contributed by atoms with van der Waals surface area (Å²) in [7, 11) is 0. The zero-order valence-corrected chi connectivity index (χ0v) is 12.7. The van der Waals surface area contributed by atoms with Gasteiger partial charge in [0, 0.05) is 11.5 Å². The van der Waals surface area contributed by atoms with Crippen LogP contribution in [0.1, 0.15) is 5.56 Å². The van der Waals surface area contributed by atoms with Crippen LogP contribution in [0.2, 0.25) is 10.0 Å². The monoisotopic (exact) mass is 357 g/mol. The average molecular weight is 358 g/mol. The summed E-state index contributed by atoms with van der Waals surface area (Å²) in [6.45, 7) is -1.25. The normalized spacial score (nSPS) is 12.3. The molecule has 1 aromatic carbocycles. The van der Waals surface area contributed by atoms with Crippen molar-refractivity contribution >= 4 is 29.0 Å². The SMILES string of the molecule is O=[N+]([O-])CCN=C(NCCc1ccc(Cl)c(Cl)c1)C(F)(F)F. The highest BCUT2D eigenvalue weighted by Gasteiger charge is 2.35. The maximum atomic E-state index is 12.7. The van der Waals surface area contributed by atoms with E-state index in [1.807, 2.05) is 0 Å². The Bertz CT molecular complexity index is 565. The van der Waals surface area contributed by atoms with Crippen molar-refractivity contribution in [3.8, 4) is 0 Å². The Balaban J connectivity index is 2.59. The molecule has 1 aromatic rings. The summed E-state index contributed by atoms with van der Waals surface area (Å²) in [4.78, 5) is 12.6. The highest BCUT2D eigenvalue weighted by atomic mass is 35.5. The quantitative estimate of drug-likeness (QED) is 0.367. The number of aliphatic imine (C=N–C) groups is 1. The number of alkyl halides is 3. The first-order valence-corrected chi connectivity index (χ1v) is 6.87. The van der Waals surface area contributed by atoms with Crippen molar-refractivity contribution in [1.82, 2.24) is 5.32 Å². The van der Waals surface area contributed by atoms with E-state index in [2.05, 4.69) is 10.3 Å². The minimum atomic E-state index is -4.69. The molecule has 0 aliphatic rings. The number of halogens is 5. The molecule has 0 aliphatic heterocycles. The molecule has 0 bridgehead atoms. The van der Waals surface area contributed by atoms with Crippen molar-refractivity contribution in [1.29, 1.82) is 0 Å². The zero-order valence-electron chi connectivity index (χ0n) is 11.2. The molecular formula is C12H12Cl2F3N3O2. The fraction of sp³-hybridized carbons (Fsp3) is 0.417. The third-order valence-corrected chi connectivity index (χ3v) is 3.25. The van der Waals surface area contributed by atoms with Crippen molar-refractivity contribution in [2.45, 2.75) is 12.6 Å². The van der Waals surface area contributed by atoms with E-state index in [-0.39, 0.29) is 13.0 Å². The second-order valence-electron chi connectivity index (χ2n) is 4.21. The highest BCUT2D eigenvalue weighted by molar-refractivity contribution is 6.42. The van der Waals surface area contributed by atoms with Gasteiger partial charge in [-0.15, -0.1) is 0 Å². The van der Waals surface area contributed by atoms with E-state index in [1.165, 1.54) is 0 Å². The van der Waals surface area contributed by atoms with E-state index >= 15 is 0 Å². The number of benzene rings is 1. The minimum absolute atomic E-state index is 0.0469. The second-order valence-corrected chi connectivity index (χ2v) is 5.02. The summed E-state index contributed by atoms with van der Waals surface area (Å²) in [5, 5.41) is 12.9. The molecule has 0 amide bonds. The first kappa shape index (κ1) is 18.5. The van der Waals surface area contributed by atoms with Crippen molar-refractivity contribution in [3.05, 3.63) is 43.9 Å². The molecule has 0 unspecified atom stereocenters. The lowest BCUT2D eigenvalue weighted by Crippen LogP contribution is -2.38. The molecule has 0 saturated carbocycles. The van der Waals surface area contributed by atoms with Gasteiger partial charge in [-0.2, -0.15) is 13.2 Å². The van der Waals surface area contributed by atoms with Gasteiger partial charge in [-0.05, 0) is 24.1 Å². The molecule has 1 N–H and O–H groups in total. The number of rotatable bonds is 6. The fourth-order valence-electron chi connectivity index (χ4n) is 1.51. The number of hydrogen-bond donors (Lipinski definition) is 1. The van der Waals surface area contributed by atoms with Crippen LogP contribution in [0.15, 0.2) is 23.2 Å². The lowest BCUT2D eigenvalue weighted by Gasteiger charge is -2.13. The topological polar surface area (TPSA) is 67.5 Å². The van der Waals surface area contributed by atoms with E-state index < -0.39 is 30.0 Å². The van der Waals surface area contributed by atoms with Gasteiger partial charge in [0.1, 0.15) is 6.54 Å². The van der Waals surface area contributed by atoms with Crippen LogP contribution in [0.5, 0.6) is 0 Å². The van der Waals surface area contributed by atoms with Crippen molar-refractivity contribution < 1.29 is 18.1 Å². The van der Waals surface area contributed by atoms with Gasteiger partial charge in [-0.1, -0.05) is 29.3 Å². The van der Waals surface area contributed by atoms with Gasteiger partial charge in [0.25, 0.3) is 0 Å². The summed E-state index contributed by atoms with van der Waals surface area (Å²) >= 11 is 11.5. The van der Waals surface area contributed by atoms with Crippen LogP contribution in [0.4, 0.5) is 13.2 Å². The lowest BCUT2D eigenvalue weighted by atomic mass is 10.1. The Kier molecular flexibility index (Phi) is 6.89. The van der Waals surface area contributed by atoms with Gasteiger partial charge in [-0.3, -0.25) is 15.1 Å². The van der Waals surface area contributed by atoms with Crippen LogP contribution in [-0.4, -0.2) is 36.6 Å². The van der Waals surface area contributed by atoms with E-state index in [0.717, 1.165) is 0 Å². The van der Waals surface area contributed by atoms with Gasteiger partial charge < -0.3 is 5.32 Å². The van der Waals surface area contributed by atoms with E-state index in [1.54, 1.807) is 18.2 Å². The molecule has 5 nitrogen and oxygen atoms in total. The standard InChI is InChI=1S/C12H12Cl2F3N3O2/c13-9-2-1-8(7-10(9)14)3-4-18-11(12(15,16)17)19-5-6-20(21)22/h1-2,7H,3-6H2,(H,18,19). The number of nitro groups is 1. The molecule has 0 atom stereocenters. The van der Waals surface area contributed by atoms with E-state index in [9.17, 15) is 23.3 Å². The summed E-state index contributed by atoms with van der Waals surface area (Å²) in [5.41, 5.74) is 0.703. The summed E-state index contributed by atoms with van der Waals surface area (Å²) in [6, 6.07) is 4.75. The largest absolute Gasteiger partial charge is 0.448 e. The Hall–Kier alpha value is -1.54. The Morgan fingerprint density at radius 2 is 2.00 bits per heavy atom. The number of nitrogens with zero attached hydrogens (tertiary/aromatic N) is 2. The first-order chi connectivity index (χ1) is 10.2. The summed E-state index contributed by atoms with van der Waals surface area (Å²) < 4.78 is 38.1. The second kappa shape index (κ2) is 8.19. The van der Waals surface area contributed by atoms with Crippen LogP contribution < -0.4 is 5.32 Å². The minimum Gasteiger partial charge on any atom is -0.366 e. The molecule has 0 fully saturated rings. The maximum absolute atomic E-state index is 12.7. The third kappa shape index (κ3) is 6.48. The van der Waals surface area contributed by atoms with Crippen molar-refractivity contribution in [2.75, 3.05) is 19.6 Å². The molecule has 0 spiro atoms. The van der Waals surface area contributed by atoms with Crippen molar-refractivity contribution in [2.24, 2.45) is 4.99 Å². The number of nitrogens with one attached hydrogen (secondary N) is 1. The molecule has 0 aromatic heterocycles. The molecule has 0 heterocycles. The molecule has 22 heavy (non-hydrogen) atoms. The van der Waals surface area contributed by atoms with Crippen LogP contribution >= 0.6 is 23.2 Å². The van der Waals surface area contributed by atoms with E-state index in [4.69, 9.17) is 23.2 Å². The fourth-order valence-corrected chi connectivity index (χ4v) is 1.83. The summed E-state index contributed by atoms with van der Waals surface area (Å²) in [5.74, 6) is -1.23. The molecule has 0 radical (unpaired) electrons.